The Hall–Kier alpha value is -0.350. The molecule has 0 aromatic heterocycles. The predicted octanol–water partition coefficient (Wildman–Crippen LogP) is 4.51. The van der Waals surface area contributed by atoms with Crippen LogP contribution in [0, 0.1) is 5.82 Å². The van der Waals surface area contributed by atoms with E-state index in [1.54, 1.807) is 6.07 Å². The Morgan fingerprint density at radius 3 is 2.50 bits per heavy atom. The van der Waals surface area contributed by atoms with Gasteiger partial charge in [0.15, 0.2) is 0 Å². The number of nitrogens with zero attached hydrogens (tertiary/aromatic N) is 1. The Morgan fingerprint density at radius 1 is 1.25 bits per heavy atom. The number of nitrogens with one attached hydrogen (secondary N) is 1. The lowest BCUT2D eigenvalue weighted by atomic mass is 10.1. The minimum absolute atomic E-state index is 0.0740. The average molecular weight is 321 g/mol. The van der Waals surface area contributed by atoms with Crippen molar-refractivity contribution in [2.45, 2.75) is 39.3 Å². The molecule has 114 valence electrons. The molecule has 0 fully saturated rings. The third-order valence-corrected chi connectivity index (χ3v) is 4.25. The molecule has 0 amide bonds. The summed E-state index contributed by atoms with van der Waals surface area (Å²) < 4.78 is 13.5. The quantitative estimate of drug-likeness (QED) is 0.587. The molecule has 0 radical (unpaired) electrons. The molecule has 0 heterocycles. The smallest absolute Gasteiger partial charge is 0.142 e. The molecule has 20 heavy (non-hydrogen) atoms. The highest BCUT2D eigenvalue weighted by atomic mass is 35.5. The molecule has 1 rings (SSSR count). The number of halogens is 3. The maximum Gasteiger partial charge on any atom is 0.142 e. The van der Waals surface area contributed by atoms with Gasteiger partial charge >= 0.3 is 0 Å². The van der Waals surface area contributed by atoms with Crippen LogP contribution in [-0.2, 0) is 0 Å². The molecule has 0 aliphatic carbocycles. The molecule has 5 heteroatoms. The van der Waals surface area contributed by atoms with Gasteiger partial charge in [0.05, 0.1) is 5.02 Å². The van der Waals surface area contributed by atoms with Crippen molar-refractivity contribution in [1.82, 2.24) is 10.2 Å². The second kappa shape index (κ2) is 8.18. The zero-order valence-electron chi connectivity index (χ0n) is 12.5. The van der Waals surface area contributed by atoms with Crippen molar-refractivity contribution in [2.75, 3.05) is 20.1 Å². The van der Waals surface area contributed by atoms with E-state index in [2.05, 4.69) is 31.1 Å². The van der Waals surface area contributed by atoms with Crippen LogP contribution in [0.15, 0.2) is 12.1 Å². The molecule has 0 saturated carbocycles. The van der Waals surface area contributed by atoms with Crippen molar-refractivity contribution in [2.24, 2.45) is 0 Å². The third-order valence-electron chi connectivity index (χ3n) is 3.53. The van der Waals surface area contributed by atoms with Crippen LogP contribution in [-0.4, -0.2) is 31.1 Å². The first-order valence-corrected chi connectivity index (χ1v) is 7.67. The topological polar surface area (TPSA) is 15.3 Å². The van der Waals surface area contributed by atoms with Gasteiger partial charge in [0, 0.05) is 22.7 Å². The van der Waals surface area contributed by atoms with Gasteiger partial charge < -0.3 is 10.2 Å². The maximum absolute atomic E-state index is 13.5. The lowest BCUT2D eigenvalue weighted by Gasteiger charge is -2.22. The predicted molar refractivity (Wildman–Crippen MR) is 85.2 cm³/mol. The summed E-state index contributed by atoms with van der Waals surface area (Å²) in [6, 6.07) is 3.30. The number of hydrogen-bond acceptors (Lipinski definition) is 2. The van der Waals surface area contributed by atoms with E-state index in [0.717, 1.165) is 19.5 Å². The third kappa shape index (κ3) is 4.88. The molecule has 1 N–H and O–H groups in total. The summed E-state index contributed by atoms with van der Waals surface area (Å²) in [5.74, 6) is -0.431. The van der Waals surface area contributed by atoms with Crippen molar-refractivity contribution < 1.29 is 4.39 Å². The SMILES string of the molecule is CC(NCCCN(C)C(C)C)c1c(Cl)ccc(F)c1Cl. The van der Waals surface area contributed by atoms with E-state index in [1.807, 2.05) is 6.92 Å². The van der Waals surface area contributed by atoms with Gasteiger partial charge in [-0.3, -0.25) is 0 Å². The Labute approximate surface area is 131 Å². The highest BCUT2D eigenvalue weighted by molar-refractivity contribution is 6.36. The van der Waals surface area contributed by atoms with Crippen LogP contribution in [0.2, 0.25) is 10.0 Å². The van der Waals surface area contributed by atoms with Gasteiger partial charge in [0.2, 0.25) is 0 Å². The van der Waals surface area contributed by atoms with Crippen molar-refractivity contribution in [3.05, 3.63) is 33.6 Å². The second-order valence-corrected chi connectivity index (χ2v) is 6.15. The van der Waals surface area contributed by atoms with Crippen molar-refractivity contribution in [3.8, 4) is 0 Å². The monoisotopic (exact) mass is 320 g/mol. The fourth-order valence-electron chi connectivity index (χ4n) is 1.95. The molecule has 1 atom stereocenters. The lowest BCUT2D eigenvalue weighted by Crippen LogP contribution is -2.30. The first kappa shape index (κ1) is 17.7. The maximum atomic E-state index is 13.5. The molecule has 1 aromatic rings. The summed E-state index contributed by atoms with van der Waals surface area (Å²) in [7, 11) is 2.11. The van der Waals surface area contributed by atoms with E-state index in [-0.39, 0.29) is 11.1 Å². The van der Waals surface area contributed by atoms with E-state index in [1.165, 1.54) is 6.07 Å². The normalized spacial score (nSPS) is 13.2. The number of hydrogen-bond donors (Lipinski definition) is 1. The van der Waals surface area contributed by atoms with Gasteiger partial charge in [0.25, 0.3) is 0 Å². The summed E-state index contributed by atoms with van der Waals surface area (Å²) in [5.41, 5.74) is 0.630. The summed E-state index contributed by atoms with van der Waals surface area (Å²) >= 11 is 12.1. The zero-order valence-corrected chi connectivity index (χ0v) is 14.0. The fourth-order valence-corrected chi connectivity index (χ4v) is 2.64. The Balaban J connectivity index is 2.52. The summed E-state index contributed by atoms with van der Waals surface area (Å²) in [6.07, 6.45) is 1.02. The number of benzene rings is 1. The second-order valence-electron chi connectivity index (χ2n) is 5.36. The van der Waals surface area contributed by atoms with Crippen LogP contribution in [0.5, 0.6) is 0 Å². The average Bonchev–Trinajstić information content (AvgIpc) is 2.39. The van der Waals surface area contributed by atoms with E-state index in [4.69, 9.17) is 23.2 Å². The largest absolute Gasteiger partial charge is 0.310 e. The van der Waals surface area contributed by atoms with Crippen LogP contribution in [0.4, 0.5) is 4.39 Å². The first-order valence-electron chi connectivity index (χ1n) is 6.91. The van der Waals surface area contributed by atoms with Crippen LogP contribution in [0.3, 0.4) is 0 Å². The highest BCUT2D eigenvalue weighted by Crippen LogP contribution is 2.32. The van der Waals surface area contributed by atoms with E-state index in [9.17, 15) is 4.39 Å². The van der Waals surface area contributed by atoms with Crippen molar-refractivity contribution in [3.63, 3.8) is 0 Å². The lowest BCUT2D eigenvalue weighted by molar-refractivity contribution is 0.268. The van der Waals surface area contributed by atoms with Crippen molar-refractivity contribution >= 4 is 23.2 Å². The van der Waals surface area contributed by atoms with Gasteiger partial charge in [0.1, 0.15) is 5.82 Å². The Morgan fingerprint density at radius 2 is 1.90 bits per heavy atom. The summed E-state index contributed by atoms with van der Waals surface area (Å²) in [5, 5.41) is 3.94. The zero-order chi connectivity index (χ0) is 15.3. The Bertz CT molecular complexity index is 438. The standard InChI is InChI=1S/C15H23Cl2FN2/c1-10(2)20(4)9-5-8-19-11(3)14-12(16)6-7-13(18)15(14)17/h6-7,10-11,19H,5,8-9H2,1-4H3. The minimum Gasteiger partial charge on any atom is -0.310 e. The molecule has 0 saturated heterocycles. The van der Waals surface area contributed by atoms with Crippen LogP contribution >= 0.6 is 23.2 Å². The molecular formula is C15H23Cl2FN2. The van der Waals surface area contributed by atoms with Crippen molar-refractivity contribution in [1.29, 1.82) is 0 Å². The van der Waals surface area contributed by atoms with E-state index >= 15 is 0 Å². The Kier molecular flexibility index (Phi) is 7.24. The summed E-state index contributed by atoms with van der Waals surface area (Å²) in [4.78, 5) is 2.29. The molecule has 2 nitrogen and oxygen atoms in total. The van der Waals surface area contributed by atoms with E-state index in [0.29, 0.717) is 16.6 Å². The highest BCUT2D eigenvalue weighted by Gasteiger charge is 2.16. The molecule has 0 bridgehead atoms. The molecular weight excluding hydrogens is 298 g/mol. The van der Waals surface area contributed by atoms with Gasteiger partial charge in [-0.2, -0.15) is 0 Å². The van der Waals surface area contributed by atoms with Crippen LogP contribution in [0.25, 0.3) is 0 Å². The molecule has 0 aliphatic rings. The van der Waals surface area contributed by atoms with Crippen LogP contribution in [0.1, 0.15) is 38.8 Å². The fraction of sp³-hybridized carbons (Fsp3) is 0.600. The van der Waals surface area contributed by atoms with Crippen LogP contribution < -0.4 is 5.32 Å². The minimum atomic E-state index is -0.431. The molecule has 1 unspecified atom stereocenters. The first-order chi connectivity index (χ1) is 9.34. The van der Waals surface area contributed by atoms with E-state index < -0.39 is 5.82 Å². The number of rotatable bonds is 7. The summed E-state index contributed by atoms with van der Waals surface area (Å²) in [6.45, 7) is 8.13. The van der Waals surface area contributed by atoms with Gasteiger partial charge in [-0.15, -0.1) is 0 Å². The van der Waals surface area contributed by atoms with Gasteiger partial charge in [-0.25, -0.2) is 4.39 Å². The van der Waals surface area contributed by atoms with Gasteiger partial charge in [-0.1, -0.05) is 23.2 Å². The van der Waals surface area contributed by atoms with Gasteiger partial charge in [-0.05, 0) is 59.5 Å². The molecule has 1 aromatic carbocycles. The molecule has 0 spiro atoms. The molecule has 0 aliphatic heterocycles.